The number of ether oxygens (including phenoxy) is 2. The second kappa shape index (κ2) is 11.3. The van der Waals surface area contributed by atoms with Gasteiger partial charge in [0, 0.05) is 54.8 Å². The van der Waals surface area contributed by atoms with Gasteiger partial charge in [-0.05, 0) is 47.7 Å². The molecule has 0 radical (unpaired) electrons. The largest absolute Gasteiger partial charge is 0.488 e. The first-order valence-corrected chi connectivity index (χ1v) is 13.6. The van der Waals surface area contributed by atoms with Crippen molar-refractivity contribution in [2.75, 3.05) is 13.1 Å². The molecule has 0 spiro atoms. The summed E-state index contributed by atoms with van der Waals surface area (Å²) in [6, 6.07) is 20.3. The molecule has 1 atom stereocenters. The normalized spacial score (nSPS) is 16.7. The van der Waals surface area contributed by atoms with E-state index in [0.29, 0.717) is 47.3 Å². The molecule has 0 bridgehead atoms. The van der Waals surface area contributed by atoms with Gasteiger partial charge in [0.05, 0.1) is 16.7 Å². The van der Waals surface area contributed by atoms with Crippen LogP contribution < -0.4 is 9.47 Å². The molecule has 1 unspecified atom stereocenters. The highest BCUT2D eigenvalue weighted by molar-refractivity contribution is 6.32. The van der Waals surface area contributed by atoms with E-state index in [1.165, 1.54) is 12.3 Å². The van der Waals surface area contributed by atoms with Crippen molar-refractivity contribution in [3.63, 3.8) is 0 Å². The Bertz CT molecular complexity index is 1600. The second-order valence-corrected chi connectivity index (χ2v) is 10.6. The fraction of sp³-hybridized carbons (Fsp3) is 0.250. The van der Waals surface area contributed by atoms with Crippen LogP contribution in [-0.2, 0) is 19.6 Å². The van der Waals surface area contributed by atoms with Gasteiger partial charge < -0.3 is 14.6 Å². The minimum Gasteiger partial charge on any atom is -0.488 e. The van der Waals surface area contributed by atoms with Gasteiger partial charge in [-0.15, -0.1) is 0 Å². The molecule has 1 aromatic heterocycles. The van der Waals surface area contributed by atoms with Gasteiger partial charge in [0.15, 0.2) is 0 Å². The number of β-amino-alcohol motifs (C(OH)–C–C–N with tert-alkyl or cyclic N) is 1. The van der Waals surface area contributed by atoms with Crippen LogP contribution in [0.5, 0.6) is 11.5 Å². The molecule has 40 heavy (non-hydrogen) atoms. The molecule has 0 saturated carbocycles. The maximum absolute atomic E-state index is 14.6. The maximum atomic E-state index is 14.6. The summed E-state index contributed by atoms with van der Waals surface area (Å²) in [4.78, 5) is 6.23. The van der Waals surface area contributed by atoms with Gasteiger partial charge in [-0.25, -0.2) is 4.39 Å². The SMILES string of the molecule is N#Cc1cncc(COc2cc(OC3CCc4c(-c5ccccc5F)cccc43)c(Cl)cc2CN2CC(O)C2)c1. The molecular formula is C32H27ClFN3O3. The van der Waals surface area contributed by atoms with Crippen LogP contribution in [0, 0.1) is 17.1 Å². The number of likely N-dealkylation sites (tertiary alicyclic amines) is 1. The van der Waals surface area contributed by atoms with Crippen LogP contribution in [0.3, 0.4) is 0 Å². The number of pyridine rings is 1. The smallest absolute Gasteiger partial charge is 0.142 e. The number of hydrogen-bond acceptors (Lipinski definition) is 6. The van der Waals surface area contributed by atoms with Crippen LogP contribution in [0.4, 0.5) is 4.39 Å². The summed E-state index contributed by atoms with van der Waals surface area (Å²) in [5, 5.41) is 19.4. The molecule has 0 amide bonds. The Morgan fingerprint density at radius 2 is 1.88 bits per heavy atom. The summed E-state index contributed by atoms with van der Waals surface area (Å²) in [5.74, 6) is 0.870. The van der Waals surface area contributed by atoms with Gasteiger partial charge >= 0.3 is 0 Å². The summed E-state index contributed by atoms with van der Waals surface area (Å²) >= 11 is 6.74. The number of aromatic nitrogens is 1. The highest BCUT2D eigenvalue weighted by Crippen LogP contribution is 2.43. The average Bonchev–Trinajstić information content (AvgIpc) is 3.36. The zero-order chi connectivity index (χ0) is 27.6. The van der Waals surface area contributed by atoms with Crippen molar-refractivity contribution < 1.29 is 19.0 Å². The maximum Gasteiger partial charge on any atom is 0.142 e. The fourth-order valence-electron chi connectivity index (χ4n) is 5.45. The van der Waals surface area contributed by atoms with Crippen molar-refractivity contribution in [2.45, 2.75) is 38.2 Å². The molecule has 2 aliphatic rings. The number of hydrogen-bond donors (Lipinski definition) is 1. The Labute approximate surface area is 237 Å². The van der Waals surface area contributed by atoms with Gasteiger partial charge in [0.2, 0.25) is 0 Å². The zero-order valence-electron chi connectivity index (χ0n) is 21.7. The molecule has 1 aliphatic heterocycles. The first-order valence-electron chi connectivity index (χ1n) is 13.2. The van der Waals surface area contributed by atoms with E-state index in [1.54, 1.807) is 24.4 Å². The third-order valence-electron chi connectivity index (χ3n) is 7.41. The fourth-order valence-corrected chi connectivity index (χ4v) is 5.68. The van der Waals surface area contributed by atoms with E-state index in [9.17, 15) is 14.8 Å². The molecule has 6 nitrogen and oxygen atoms in total. The molecule has 1 fully saturated rings. The number of nitrogens with zero attached hydrogens (tertiary/aromatic N) is 3. The third-order valence-corrected chi connectivity index (χ3v) is 7.71. The Kier molecular flexibility index (Phi) is 7.40. The molecule has 1 saturated heterocycles. The Morgan fingerprint density at radius 3 is 2.67 bits per heavy atom. The van der Waals surface area contributed by atoms with E-state index in [-0.39, 0.29) is 24.6 Å². The number of fused-ring (bicyclic) bond motifs is 1. The van der Waals surface area contributed by atoms with Crippen molar-refractivity contribution in [2.24, 2.45) is 0 Å². The average molecular weight is 556 g/mol. The van der Waals surface area contributed by atoms with Crippen LogP contribution >= 0.6 is 11.6 Å². The van der Waals surface area contributed by atoms with E-state index >= 15 is 0 Å². The van der Waals surface area contributed by atoms with E-state index in [1.807, 2.05) is 36.4 Å². The third kappa shape index (κ3) is 5.39. The second-order valence-electron chi connectivity index (χ2n) is 10.2. The van der Waals surface area contributed by atoms with Gasteiger partial charge in [-0.2, -0.15) is 5.26 Å². The van der Waals surface area contributed by atoms with Gasteiger partial charge in [0.1, 0.15) is 36.1 Å². The van der Waals surface area contributed by atoms with Gasteiger partial charge in [-0.3, -0.25) is 9.88 Å². The predicted molar refractivity (Wildman–Crippen MR) is 150 cm³/mol. The number of halogens is 2. The summed E-state index contributed by atoms with van der Waals surface area (Å²) in [6.45, 7) is 1.97. The first-order chi connectivity index (χ1) is 19.5. The highest BCUT2D eigenvalue weighted by atomic mass is 35.5. The number of nitriles is 1. The molecule has 2 heterocycles. The Morgan fingerprint density at radius 1 is 1.05 bits per heavy atom. The van der Waals surface area contributed by atoms with Crippen LogP contribution in [-0.4, -0.2) is 34.2 Å². The van der Waals surface area contributed by atoms with Crippen molar-refractivity contribution >= 4 is 11.6 Å². The summed E-state index contributed by atoms with van der Waals surface area (Å²) in [6.07, 6.45) is 4.13. The lowest BCUT2D eigenvalue weighted by molar-refractivity contribution is -0.00335. The summed E-state index contributed by atoms with van der Waals surface area (Å²) in [5.41, 5.74) is 5.70. The molecule has 8 heteroatoms. The first kappa shape index (κ1) is 26.3. The molecule has 202 valence electrons. The number of aliphatic hydroxyl groups is 1. The van der Waals surface area contributed by atoms with E-state index in [2.05, 4.69) is 16.0 Å². The van der Waals surface area contributed by atoms with Crippen LogP contribution in [0.1, 0.15) is 40.3 Å². The quantitative estimate of drug-likeness (QED) is 0.277. The minimum atomic E-state index is -0.320. The number of aliphatic hydroxyl groups excluding tert-OH is 1. The van der Waals surface area contributed by atoms with Crippen molar-refractivity contribution in [3.05, 3.63) is 112 Å². The van der Waals surface area contributed by atoms with Crippen molar-refractivity contribution in [3.8, 4) is 28.7 Å². The zero-order valence-corrected chi connectivity index (χ0v) is 22.4. The summed E-state index contributed by atoms with van der Waals surface area (Å²) < 4.78 is 27.3. The van der Waals surface area contributed by atoms with Gasteiger partial charge in [-0.1, -0.05) is 48.0 Å². The Balaban J connectivity index is 1.28. The minimum absolute atomic E-state index is 0.220. The van der Waals surface area contributed by atoms with Gasteiger partial charge in [0.25, 0.3) is 0 Å². The topological polar surface area (TPSA) is 78.6 Å². The highest BCUT2D eigenvalue weighted by Gasteiger charge is 2.29. The number of benzene rings is 3. The van der Waals surface area contributed by atoms with E-state index in [0.717, 1.165) is 40.7 Å². The monoisotopic (exact) mass is 555 g/mol. The molecule has 3 aromatic carbocycles. The lowest BCUT2D eigenvalue weighted by atomic mass is 9.96. The molecule has 1 aliphatic carbocycles. The molecule has 6 rings (SSSR count). The number of rotatable bonds is 8. The predicted octanol–water partition coefficient (Wildman–Crippen LogP) is 6.23. The molecule has 4 aromatic rings. The van der Waals surface area contributed by atoms with E-state index in [4.69, 9.17) is 21.1 Å². The standard InChI is InChI=1S/C32H27ClFN3O3/c33-28-11-22(16-37-17-23(38)18-37)31(39-19-21-10-20(13-35)14-36-15-21)12-32(28)40-30-9-8-25-24(5-3-6-27(25)30)26-4-1-2-7-29(26)34/h1-7,10-12,14-15,23,30,38H,8-9,16-19H2. The summed E-state index contributed by atoms with van der Waals surface area (Å²) in [7, 11) is 0. The lowest BCUT2D eigenvalue weighted by Gasteiger charge is -2.36. The van der Waals surface area contributed by atoms with Crippen molar-refractivity contribution in [1.29, 1.82) is 5.26 Å². The molecule has 1 N–H and O–H groups in total. The lowest BCUT2D eigenvalue weighted by Crippen LogP contribution is -2.49. The molecular weight excluding hydrogens is 529 g/mol. The van der Waals surface area contributed by atoms with E-state index < -0.39 is 0 Å². The Hall–Kier alpha value is -3.96. The van der Waals surface area contributed by atoms with Crippen molar-refractivity contribution in [1.82, 2.24) is 9.88 Å². The van der Waals surface area contributed by atoms with Crippen LogP contribution in [0.25, 0.3) is 11.1 Å². The van der Waals surface area contributed by atoms with Crippen LogP contribution in [0.2, 0.25) is 5.02 Å². The van der Waals surface area contributed by atoms with Crippen LogP contribution in [0.15, 0.2) is 73.1 Å².